The molecule has 1 aliphatic carbocycles. The number of aromatic nitrogens is 2. The third-order valence-corrected chi connectivity index (χ3v) is 2.84. The molecule has 0 aromatic carbocycles. The molecule has 2 N–H and O–H groups in total. The second-order valence-corrected chi connectivity index (χ2v) is 3.75. The first kappa shape index (κ1) is 8.75. The molecule has 1 heterocycles. The molecule has 0 radical (unpaired) electrons. The van der Waals surface area contributed by atoms with E-state index in [0.29, 0.717) is 17.8 Å². The van der Waals surface area contributed by atoms with Gasteiger partial charge in [0.25, 0.3) is 0 Å². The van der Waals surface area contributed by atoms with Crippen LogP contribution in [0.1, 0.15) is 30.7 Å². The van der Waals surface area contributed by atoms with Gasteiger partial charge in [-0.2, -0.15) is 5.26 Å². The van der Waals surface area contributed by atoms with Gasteiger partial charge in [-0.3, -0.25) is 4.79 Å². The minimum atomic E-state index is -0.825. The van der Waals surface area contributed by atoms with Crippen LogP contribution in [0.5, 0.6) is 0 Å². The number of hydrogen-bond acceptors (Lipinski definition) is 3. The van der Waals surface area contributed by atoms with Crippen molar-refractivity contribution < 1.29 is 9.90 Å². The van der Waals surface area contributed by atoms with Gasteiger partial charge in [0.1, 0.15) is 11.8 Å². The maximum absolute atomic E-state index is 10.9. The molecule has 0 bridgehead atoms. The summed E-state index contributed by atoms with van der Waals surface area (Å²) in [5.74, 6) is -0.949. The topological polar surface area (TPSA) is 89.8 Å². The van der Waals surface area contributed by atoms with Crippen LogP contribution in [0.4, 0.5) is 0 Å². The monoisotopic (exact) mass is 191 g/mol. The van der Waals surface area contributed by atoms with Crippen LogP contribution in [0.2, 0.25) is 0 Å². The Morgan fingerprint density at radius 3 is 3.14 bits per heavy atom. The fourth-order valence-corrected chi connectivity index (χ4v) is 1.66. The number of nitrogens with one attached hydrogen (secondary N) is 1. The second-order valence-electron chi connectivity index (χ2n) is 3.75. The number of H-pyrrole nitrogens is 1. The van der Waals surface area contributed by atoms with Crippen LogP contribution in [0, 0.1) is 16.7 Å². The molecule has 0 aliphatic heterocycles. The Balaban J connectivity index is 2.30. The minimum Gasteiger partial charge on any atom is -0.481 e. The zero-order valence-electron chi connectivity index (χ0n) is 7.61. The van der Waals surface area contributed by atoms with E-state index >= 15 is 0 Å². The number of carboxylic acid groups (broad SMARTS) is 1. The number of carbonyl (C=O) groups is 1. The molecule has 0 spiro atoms. The average molecular weight is 191 g/mol. The molecule has 1 aromatic rings. The van der Waals surface area contributed by atoms with Crippen molar-refractivity contribution in [2.24, 2.45) is 5.41 Å². The molecule has 2 atom stereocenters. The third-order valence-electron chi connectivity index (χ3n) is 2.84. The maximum Gasteiger partial charge on any atom is 0.310 e. The lowest BCUT2D eigenvalue weighted by atomic mass is 10.0. The van der Waals surface area contributed by atoms with Crippen LogP contribution in [0.3, 0.4) is 0 Å². The van der Waals surface area contributed by atoms with Crippen molar-refractivity contribution in [1.29, 1.82) is 5.26 Å². The van der Waals surface area contributed by atoms with E-state index in [1.165, 1.54) is 6.33 Å². The molecule has 0 saturated heterocycles. The summed E-state index contributed by atoms with van der Waals surface area (Å²) in [5.41, 5.74) is 0.221. The Hall–Kier alpha value is -1.83. The van der Waals surface area contributed by atoms with Gasteiger partial charge in [0, 0.05) is 5.92 Å². The molecule has 14 heavy (non-hydrogen) atoms. The van der Waals surface area contributed by atoms with Crippen molar-refractivity contribution in [2.45, 2.75) is 19.3 Å². The van der Waals surface area contributed by atoms with E-state index in [2.05, 4.69) is 9.97 Å². The normalized spacial score (nSPS) is 29.6. The summed E-state index contributed by atoms with van der Waals surface area (Å²) < 4.78 is 0. The van der Waals surface area contributed by atoms with Crippen LogP contribution in [-0.4, -0.2) is 21.0 Å². The number of imidazole rings is 1. The predicted octanol–water partition coefficient (Wildman–Crippen LogP) is 0.860. The molecule has 1 fully saturated rings. The van der Waals surface area contributed by atoms with Crippen LogP contribution < -0.4 is 0 Å². The number of rotatable bonds is 2. The molecule has 1 aromatic heterocycles. The van der Waals surface area contributed by atoms with Gasteiger partial charge in [-0.15, -0.1) is 0 Å². The number of nitriles is 1. The quantitative estimate of drug-likeness (QED) is 0.725. The molecule has 0 amide bonds. The van der Waals surface area contributed by atoms with E-state index < -0.39 is 11.4 Å². The Bertz CT molecular complexity index is 432. The van der Waals surface area contributed by atoms with Gasteiger partial charge in [0.05, 0.1) is 17.4 Å². The van der Waals surface area contributed by atoms with Gasteiger partial charge in [0.2, 0.25) is 0 Å². The van der Waals surface area contributed by atoms with Crippen molar-refractivity contribution in [3.8, 4) is 6.07 Å². The molecule has 5 heteroatoms. The zero-order chi connectivity index (χ0) is 10.3. The van der Waals surface area contributed by atoms with Crippen LogP contribution >= 0.6 is 0 Å². The van der Waals surface area contributed by atoms with E-state index in [4.69, 9.17) is 10.4 Å². The van der Waals surface area contributed by atoms with Crippen molar-refractivity contribution in [2.75, 3.05) is 0 Å². The van der Waals surface area contributed by atoms with Gasteiger partial charge in [0.15, 0.2) is 0 Å². The third kappa shape index (κ3) is 1.01. The van der Waals surface area contributed by atoms with Crippen molar-refractivity contribution in [1.82, 2.24) is 9.97 Å². The highest BCUT2D eigenvalue weighted by Crippen LogP contribution is 2.59. The van der Waals surface area contributed by atoms with E-state index in [-0.39, 0.29) is 5.92 Å². The maximum atomic E-state index is 10.9. The SMILES string of the molecule is CC1(C(=O)O)CC1c1nc[nH]c1C#N. The predicted molar refractivity (Wildman–Crippen MR) is 46.4 cm³/mol. The first-order chi connectivity index (χ1) is 6.59. The number of aliphatic carboxylic acids is 1. The molecule has 2 unspecified atom stereocenters. The first-order valence-electron chi connectivity index (χ1n) is 4.26. The van der Waals surface area contributed by atoms with Gasteiger partial charge < -0.3 is 10.1 Å². The molecule has 5 nitrogen and oxygen atoms in total. The lowest BCUT2D eigenvalue weighted by molar-refractivity contribution is -0.142. The molecule has 1 aliphatic rings. The molecule has 1 saturated carbocycles. The van der Waals surface area contributed by atoms with Crippen molar-refractivity contribution in [3.63, 3.8) is 0 Å². The van der Waals surface area contributed by atoms with Gasteiger partial charge in [-0.25, -0.2) is 4.98 Å². The number of carboxylic acids is 1. The summed E-state index contributed by atoms with van der Waals surface area (Å²) in [7, 11) is 0. The Kier molecular flexibility index (Phi) is 1.61. The van der Waals surface area contributed by atoms with Crippen LogP contribution in [0.25, 0.3) is 0 Å². The first-order valence-corrected chi connectivity index (χ1v) is 4.26. The Morgan fingerprint density at radius 2 is 2.64 bits per heavy atom. The van der Waals surface area contributed by atoms with E-state index in [1.54, 1.807) is 6.92 Å². The molecule has 2 rings (SSSR count). The lowest BCUT2D eigenvalue weighted by Gasteiger charge is -2.02. The van der Waals surface area contributed by atoms with E-state index in [9.17, 15) is 4.79 Å². The zero-order valence-corrected chi connectivity index (χ0v) is 7.61. The molecular weight excluding hydrogens is 182 g/mol. The molecular formula is C9H9N3O2. The van der Waals surface area contributed by atoms with Crippen molar-refractivity contribution in [3.05, 3.63) is 17.7 Å². The average Bonchev–Trinajstić information content (AvgIpc) is 2.64. The second kappa shape index (κ2) is 2.58. The fraction of sp³-hybridized carbons (Fsp3) is 0.444. The summed E-state index contributed by atoms with van der Waals surface area (Å²) in [6, 6.07) is 1.96. The van der Waals surface area contributed by atoms with Gasteiger partial charge >= 0.3 is 5.97 Å². The summed E-state index contributed by atoms with van der Waals surface area (Å²) in [6.45, 7) is 1.68. The van der Waals surface area contributed by atoms with Gasteiger partial charge in [-0.05, 0) is 13.3 Å². The summed E-state index contributed by atoms with van der Waals surface area (Å²) in [4.78, 5) is 17.5. The van der Waals surface area contributed by atoms with Crippen LogP contribution in [0.15, 0.2) is 6.33 Å². The highest BCUT2D eigenvalue weighted by atomic mass is 16.4. The van der Waals surface area contributed by atoms with Gasteiger partial charge in [-0.1, -0.05) is 0 Å². The Labute approximate surface area is 80.4 Å². The van der Waals surface area contributed by atoms with E-state index in [1.807, 2.05) is 6.07 Å². The smallest absolute Gasteiger partial charge is 0.310 e. The van der Waals surface area contributed by atoms with Crippen LogP contribution in [-0.2, 0) is 4.79 Å². The summed E-state index contributed by atoms with van der Waals surface area (Å²) >= 11 is 0. The standard InChI is InChI=1S/C9H9N3O2/c1-9(8(13)14)2-5(9)7-6(3-10)11-4-12-7/h4-5H,2H2,1H3,(H,11,12)(H,13,14). The number of aromatic amines is 1. The highest BCUT2D eigenvalue weighted by Gasteiger charge is 2.58. The fourth-order valence-electron chi connectivity index (χ4n) is 1.66. The lowest BCUT2D eigenvalue weighted by Crippen LogP contribution is -2.12. The minimum absolute atomic E-state index is 0.124. The summed E-state index contributed by atoms with van der Waals surface area (Å²) in [6.07, 6.45) is 1.98. The number of nitrogens with zero attached hydrogens (tertiary/aromatic N) is 2. The number of hydrogen-bond donors (Lipinski definition) is 2. The van der Waals surface area contributed by atoms with Crippen molar-refractivity contribution >= 4 is 5.97 Å². The highest BCUT2D eigenvalue weighted by molar-refractivity contribution is 5.80. The Morgan fingerprint density at radius 1 is 1.93 bits per heavy atom. The largest absolute Gasteiger partial charge is 0.481 e. The summed E-state index contributed by atoms with van der Waals surface area (Å²) in [5, 5.41) is 17.6. The molecule has 72 valence electrons. The van der Waals surface area contributed by atoms with E-state index in [0.717, 1.165) is 0 Å².